The van der Waals surface area contributed by atoms with Crippen LogP contribution < -0.4 is 11.1 Å². The normalized spacial score (nSPS) is 17.5. The van der Waals surface area contributed by atoms with Gasteiger partial charge in [-0.25, -0.2) is 4.68 Å². The Hall–Kier alpha value is -2.28. The minimum Gasteiger partial charge on any atom is -0.324 e. The van der Waals surface area contributed by atoms with Gasteiger partial charge in [0.2, 0.25) is 5.91 Å². The van der Waals surface area contributed by atoms with Crippen molar-refractivity contribution in [2.24, 2.45) is 11.7 Å². The third-order valence-electron chi connectivity index (χ3n) is 3.63. The monoisotopic (exact) mass is 272 g/mol. The number of amides is 1. The molecular weight excluding hydrogens is 256 g/mol. The molecular formula is C13H16N6O. The molecule has 2 aromatic rings. The third kappa shape index (κ3) is 2.39. The number of hydrogen-bond acceptors (Lipinski definition) is 5. The molecule has 1 amide bonds. The van der Waals surface area contributed by atoms with Crippen LogP contribution in [0.2, 0.25) is 0 Å². The molecule has 1 aliphatic rings. The van der Waals surface area contributed by atoms with Crippen LogP contribution >= 0.6 is 0 Å². The Labute approximate surface area is 116 Å². The van der Waals surface area contributed by atoms with E-state index in [-0.39, 0.29) is 11.8 Å². The van der Waals surface area contributed by atoms with E-state index >= 15 is 0 Å². The second-order valence-electron chi connectivity index (χ2n) is 5.32. The second kappa shape index (κ2) is 4.68. The Bertz CT molecular complexity index is 618. The number of benzene rings is 1. The van der Waals surface area contributed by atoms with E-state index in [0.717, 1.165) is 18.5 Å². The van der Waals surface area contributed by atoms with E-state index in [1.807, 2.05) is 18.2 Å². The van der Waals surface area contributed by atoms with E-state index in [1.165, 1.54) is 11.0 Å². The van der Waals surface area contributed by atoms with Crippen LogP contribution in [0.5, 0.6) is 0 Å². The van der Waals surface area contributed by atoms with Gasteiger partial charge < -0.3 is 11.1 Å². The standard InChI is InChI=1S/C13H16N6O/c1-13(14,9-5-6-9)12(20)16-10-3-2-4-11(7-10)19-8-15-17-18-19/h2-4,7-9H,5-6,14H2,1H3,(H,16,20). The molecule has 7 nitrogen and oxygen atoms in total. The van der Waals surface area contributed by atoms with Gasteiger partial charge in [-0.15, -0.1) is 5.10 Å². The highest BCUT2D eigenvalue weighted by atomic mass is 16.2. The molecule has 1 aliphatic carbocycles. The topological polar surface area (TPSA) is 98.7 Å². The molecule has 0 bridgehead atoms. The number of anilines is 1. The molecule has 1 atom stereocenters. The van der Waals surface area contributed by atoms with Gasteiger partial charge >= 0.3 is 0 Å². The van der Waals surface area contributed by atoms with Gasteiger partial charge in [-0.05, 0) is 54.3 Å². The summed E-state index contributed by atoms with van der Waals surface area (Å²) in [6.07, 6.45) is 3.54. The molecule has 0 radical (unpaired) electrons. The molecule has 1 fully saturated rings. The smallest absolute Gasteiger partial charge is 0.244 e. The fraction of sp³-hybridized carbons (Fsp3) is 0.385. The number of carbonyl (C=O) groups is 1. The first-order valence-electron chi connectivity index (χ1n) is 6.51. The predicted molar refractivity (Wildman–Crippen MR) is 73.1 cm³/mol. The lowest BCUT2D eigenvalue weighted by molar-refractivity contribution is -0.121. The summed E-state index contributed by atoms with van der Waals surface area (Å²) < 4.78 is 1.53. The van der Waals surface area contributed by atoms with Gasteiger partial charge in [-0.2, -0.15) is 0 Å². The quantitative estimate of drug-likeness (QED) is 0.854. The lowest BCUT2D eigenvalue weighted by Gasteiger charge is -2.23. The van der Waals surface area contributed by atoms with Crippen LogP contribution in [0.4, 0.5) is 5.69 Å². The van der Waals surface area contributed by atoms with Crippen molar-refractivity contribution in [3.05, 3.63) is 30.6 Å². The summed E-state index contributed by atoms with van der Waals surface area (Å²) in [4.78, 5) is 12.2. The Morgan fingerprint density at radius 1 is 1.50 bits per heavy atom. The molecule has 1 aromatic heterocycles. The molecule has 7 heteroatoms. The minimum atomic E-state index is -0.815. The molecule has 3 rings (SSSR count). The van der Waals surface area contributed by atoms with Crippen molar-refractivity contribution in [1.82, 2.24) is 20.2 Å². The Balaban J connectivity index is 1.78. The first-order chi connectivity index (χ1) is 9.57. The van der Waals surface area contributed by atoms with E-state index in [0.29, 0.717) is 5.69 Å². The number of nitrogens with one attached hydrogen (secondary N) is 1. The maximum Gasteiger partial charge on any atom is 0.244 e. The van der Waals surface area contributed by atoms with Crippen molar-refractivity contribution in [1.29, 1.82) is 0 Å². The van der Waals surface area contributed by atoms with E-state index in [1.54, 1.807) is 13.0 Å². The van der Waals surface area contributed by atoms with Crippen LogP contribution in [-0.4, -0.2) is 31.7 Å². The van der Waals surface area contributed by atoms with Crippen LogP contribution in [0.25, 0.3) is 5.69 Å². The zero-order valence-electron chi connectivity index (χ0n) is 11.2. The summed E-state index contributed by atoms with van der Waals surface area (Å²) in [5, 5.41) is 13.8. The van der Waals surface area contributed by atoms with Gasteiger partial charge in [0.05, 0.1) is 11.2 Å². The number of carbonyl (C=O) groups excluding carboxylic acids is 1. The fourth-order valence-electron chi connectivity index (χ4n) is 2.14. The molecule has 1 saturated carbocycles. The van der Waals surface area contributed by atoms with Crippen LogP contribution in [0.3, 0.4) is 0 Å². The van der Waals surface area contributed by atoms with Gasteiger partial charge in [-0.3, -0.25) is 4.79 Å². The van der Waals surface area contributed by atoms with Gasteiger partial charge in [0.15, 0.2) is 0 Å². The van der Waals surface area contributed by atoms with Crippen LogP contribution in [0.1, 0.15) is 19.8 Å². The number of nitrogens with two attached hydrogens (primary N) is 1. The molecule has 1 unspecified atom stereocenters. The summed E-state index contributed by atoms with van der Waals surface area (Å²) >= 11 is 0. The van der Waals surface area contributed by atoms with Gasteiger partial charge in [-0.1, -0.05) is 6.07 Å². The molecule has 1 heterocycles. The van der Waals surface area contributed by atoms with Crippen molar-refractivity contribution in [2.45, 2.75) is 25.3 Å². The highest BCUT2D eigenvalue weighted by Crippen LogP contribution is 2.38. The number of tetrazole rings is 1. The first kappa shape index (κ1) is 12.7. The zero-order valence-corrected chi connectivity index (χ0v) is 11.2. The molecule has 0 spiro atoms. The van der Waals surface area contributed by atoms with E-state index in [4.69, 9.17) is 5.73 Å². The Morgan fingerprint density at radius 2 is 2.30 bits per heavy atom. The Kier molecular flexibility index (Phi) is 2.98. The summed E-state index contributed by atoms with van der Waals surface area (Å²) in [5.41, 5.74) is 6.74. The molecule has 104 valence electrons. The first-order valence-corrected chi connectivity index (χ1v) is 6.51. The lowest BCUT2D eigenvalue weighted by atomic mass is 9.96. The summed E-state index contributed by atoms with van der Waals surface area (Å²) in [7, 11) is 0. The third-order valence-corrected chi connectivity index (χ3v) is 3.63. The number of rotatable bonds is 4. The van der Waals surface area contributed by atoms with Crippen molar-refractivity contribution in [3.63, 3.8) is 0 Å². The van der Waals surface area contributed by atoms with Gasteiger partial charge in [0, 0.05) is 5.69 Å². The van der Waals surface area contributed by atoms with Crippen LogP contribution in [0.15, 0.2) is 30.6 Å². The van der Waals surface area contributed by atoms with E-state index in [2.05, 4.69) is 20.8 Å². The van der Waals surface area contributed by atoms with E-state index < -0.39 is 5.54 Å². The van der Waals surface area contributed by atoms with Crippen molar-refractivity contribution < 1.29 is 4.79 Å². The largest absolute Gasteiger partial charge is 0.324 e. The molecule has 20 heavy (non-hydrogen) atoms. The lowest BCUT2D eigenvalue weighted by Crippen LogP contribution is -2.50. The second-order valence-corrected chi connectivity index (χ2v) is 5.32. The maximum absolute atomic E-state index is 12.2. The summed E-state index contributed by atoms with van der Waals surface area (Å²) in [6, 6.07) is 7.30. The highest BCUT2D eigenvalue weighted by molar-refractivity contribution is 5.98. The SMILES string of the molecule is CC(N)(C(=O)Nc1cccc(-n2cnnn2)c1)C1CC1. The number of nitrogens with zero attached hydrogens (tertiary/aromatic N) is 4. The van der Waals surface area contributed by atoms with Crippen LogP contribution in [0, 0.1) is 5.92 Å². The van der Waals surface area contributed by atoms with Gasteiger partial charge in [0.25, 0.3) is 0 Å². The average Bonchev–Trinajstić information content (AvgIpc) is 3.15. The fourth-order valence-corrected chi connectivity index (χ4v) is 2.14. The molecule has 1 aromatic carbocycles. The minimum absolute atomic E-state index is 0.158. The van der Waals surface area contributed by atoms with Crippen LogP contribution in [-0.2, 0) is 4.79 Å². The number of aromatic nitrogens is 4. The molecule has 0 aliphatic heterocycles. The molecule has 3 N–H and O–H groups in total. The highest BCUT2D eigenvalue weighted by Gasteiger charge is 2.44. The summed E-state index contributed by atoms with van der Waals surface area (Å²) in [5.74, 6) is 0.124. The summed E-state index contributed by atoms with van der Waals surface area (Å²) in [6.45, 7) is 1.78. The van der Waals surface area contributed by atoms with E-state index in [9.17, 15) is 4.79 Å². The van der Waals surface area contributed by atoms with Crippen molar-refractivity contribution in [2.75, 3.05) is 5.32 Å². The molecule has 0 saturated heterocycles. The van der Waals surface area contributed by atoms with Crippen molar-refractivity contribution >= 4 is 11.6 Å². The zero-order chi connectivity index (χ0) is 14.2. The average molecular weight is 272 g/mol. The number of hydrogen-bond donors (Lipinski definition) is 2. The van der Waals surface area contributed by atoms with Crippen molar-refractivity contribution in [3.8, 4) is 5.69 Å². The predicted octanol–water partition coefficient (Wildman–Crippen LogP) is 0.728. The Morgan fingerprint density at radius 3 is 2.95 bits per heavy atom. The van der Waals surface area contributed by atoms with Gasteiger partial charge in [0.1, 0.15) is 6.33 Å². The maximum atomic E-state index is 12.2.